The van der Waals surface area contributed by atoms with Gasteiger partial charge in [-0.05, 0) is 147 Å². The van der Waals surface area contributed by atoms with Gasteiger partial charge in [0.25, 0.3) is 0 Å². The molecule has 5 heterocycles. The van der Waals surface area contributed by atoms with Gasteiger partial charge in [-0.15, -0.1) is 0 Å². The topological polar surface area (TPSA) is 77.3 Å². The second-order valence-electron chi connectivity index (χ2n) is 9.95. The summed E-state index contributed by atoms with van der Waals surface area (Å²) < 4.78 is 0. The number of halogens is 1. The molecule has 0 spiro atoms. The van der Waals surface area contributed by atoms with Crippen LogP contribution in [0.25, 0.3) is 67.0 Å². The number of pyridine rings is 4. The summed E-state index contributed by atoms with van der Waals surface area (Å²) in [6, 6.07) is 30.8. The fourth-order valence-electron chi connectivity index (χ4n) is 5.11. The zero-order valence-corrected chi connectivity index (χ0v) is 23.6. The van der Waals surface area contributed by atoms with Gasteiger partial charge in [0.2, 0.25) is 5.28 Å². The molecule has 0 N–H and O–H groups in total. The average Bonchev–Trinajstić information content (AvgIpc) is 3.09. The van der Waals surface area contributed by atoms with E-state index in [9.17, 15) is 0 Å². The van der Waals surface area contributed by atoms with Gasteiger partial charge in [0, 0.05) is 60.7 Å². The first-order valence-electron chi connectivity index (χ1n) is 13.7. The smallest absolute Gasteiger partial charge is 0.223 e. The van der Waals surface area contributed by atoms with Crippen molar-refractivity contribution in [3.8, 4) is 67.0 Å². The average molecular weight is 575 g/mol. The van der Waals surface area contributed by atoms with Crippen LogP contribution in [0.3, 0.4) is 0 Å². The first-order chi connectivity index (χ1) is 21.2. The lowest BCUT2D eigenvalue weighted by atomic mass is 9.94. The summed E-state index contributed by atoms with van der Waals surface area (Å²) in [6.45, 7) is 0. The Kier molecular flexibility index (Phi) is 7.17. The monoisotopic (exact) mass is 574 g/mol. The zero-order valence-electron chi connectivity index (χ0n) is 22.8. The van der Waals surface area contributed by atoms with E-state index in [1.54, 1.807) is 49.6 Å². The standard InChI is InChI=1S/C36H23ClN6/c37-36-42-34(32-19-28(24-1-9-38-10-2-24)17-29(20-32)25-3-11-39-12-4-25)23-35(43-36)33-21-30(26-5-13-40-14-6-26)18-31(22-33)27-7-15-41-16-8-27/h1-23H. The minimum absolute atomic E-state index is 0.173. The number of aromatic nitrogens is 6. The Bertz CT molecular complexity index is 1760. The zero-order chi connectivity index (χ0) is 29.0. The van der Waals surface area contributed by atoms with Gasteiger partial charge < -0.3 is 0 Å². The fraction of sp³-hybridized carbons (Fsp3) is 0. The van der Waals surface area contributed by atoms with Crippen LogP contribution in [-0.4, -0.2) is 29.9 Å². The first kappa shape index (κ1) is 26.3. The molecule has 0 saturated carbocycles. The highest BCUT2D eigenvalue weighted by atomic mass is 35.5. The fourth-order valence-corrected chi connectivity index (χ4v) is 5.29. The largest absolute Gasteiger partial charge is 0.265 e. The quantitative estimate of drug-likeness (QED) is 0.185. The Morgan fingerprint density at radius 1 is 0.302 bits per heavy atom. The van der Waals surface area contributed by atoms with Crippen LogP contribution in [0.4, 0.5) is 0 Å². The van der Waals surface area contributed by atoms with Gasteiger partial charge in [0.05, 0.1) is 11.4 Å². The molecule has 0 aliphatic carbocycles. The molecule has 7 heteroatoms. The van der Waals surface area contributed by atoms with E-state index < -0.39 is 0 Å². The van der Waals surface area contributed by atoms with Crippen LogP contribution in [0.5, 0.6) is 0 Å². The van der Waals surface area contributed by atoms with Crippen LogP contribution in [0.15, 0.2) is 141 Å². The van der Waals surface area contributed by atoms with Crippen LogP contribution < -0.4 is 0 Å². The molecule has 7 rings (SSSR count). The van der Waals surface area contributed by atoms with Crippen molar-refractivity contribution in [2.45, 2.75) is 0 Å². The minimum Gasteiger partial charge on any atom is -0.265 e. The molecule has 43 heavy (non-hydrogen) atoms. The molecular weight excluding hydrogens is 552 g/mol. The molecule has 204 valence electrons. The molecule has 0 aliphatic heterocycles. The Morgan fingerprint density at radius 2 is 0.558 bits per heavy atom. The predicted molar refractivity (Wildman–Crippen MR) is 171 cm³/mol. The van der Waals surface area contributed by atoms with Crippen molar-refractivity contribution >= 4 is 11.6 Å². The van der Waals surface area contributed by atoms with Gasteiger partial charge in [-0.1, -0.05) is 0 Å². The number of hydrogen-bond acceptors (Lipinski definition) is 6. The molecule has 0 saturated heterocycles. The molecule has 0 fully saturated rings. The highest BCUT2D eigenvalue weighted by Gasteiger charge is 2.14. The summed E-state index contributed by atoms with van der Waals surface area (Å²) in [5.74, 6) is 0. The SMILES string of the molecule is Clc1nc(-c2cc(-c3ccncc3)cc(-c3ccncc3)c2)cc(-c2cc(-c3ccncc3)cc(-c3ccncc3)c2)n1. The van der Waals surface area contributed by atoms with Crippen LogP contribution in [0, 0.1) is 0 Å². The van der Waals surface area contributed by atoms with Crippen molar-refractivity contribution in [2.24, 2.45) is 0 Å². The lowest BCUT2D eigenvalue weighted by molar-refractivity contribution is 1.18. The molecule has 5 aromatic heterocycles. The normalized spacial score (nSPS) is 10.9. The Hall–Kier alpha value is -5.59. The second kappa shape index (κ2) is 11.7. The second-order valence-corrected chi connectivity index (χ2v) is 10.3. The van der Waals surface area contributed by atoms with Gasteiger partial charge in [0.15, 0.2) is 0 Å². The summed E-state index contributed by atoms with van der Waals surface area (Å²) in [7, 11) is 0. The summed E-state index contributed by atoms with van der Waals surface area (Å²) in [4.78, 5) is 26.1. The van der Waals surface area contributed by atoms with Crippen molar-refractivity contribution < 1.29 is 0 Å². The van der Waals surface area contributed by atoms with E-state index >= 15 is 0 Å². The van der Waals surface area contributed by atoms with E-state index in [0.29, 0.717) is 0 Å². The van der Waals surface area contributed by atoms with Crippen molar-refractivity contribution in [1.29, 1.82) is 0 Å². The van der Waals surface area contributed by atoms with E-state index in [0.717, 1.165) is 67.0 Å². The number of nitrogens with zero attached hydrogens (tertiary/aromatic N) is 6. The van der Waals surface area contributed by atoms with Crippen molar-refractivity contribution in [1.82, 2.24) is 29.9 Å². The maximum Gasteiger partial charge on any atom is 0.223 e. The summed E-state index contributed by atoms with van der Waals surface area (Å²) in [5.41, 5.74) is 11.7. The van der Waals surface area contributed by atoms with E-state index in [1.165, 1.54) is 0 Å². The molecule has 2 aromatic carbocycles. The van der Waals surface area contributed by atoms with Crippen LogP contribution in [0.2, 0.25) is 5.28 Å². The van der Waals surface area contributed by atoms with Gasteiger partial charge in [-0.25, -0.2) is 9.97 Å². The summed E-state index contributed by atoms with van der Waals surface area (Å²) >= 11 is 6.62. The van der Waals surface area contributed by atoms with E-state index in [1.807, 2.05) is 54.6 Å². The Balaban J connectivity index is 1.40. The highest BCUT2D eigenvalue weighted by Crippen LogP contribution is 2.36. The Labute approximate surface area is 253 Å². The molecule has 0 atom stereocenters. The van der Waals surface area contributed by atoms with Crippen molar-refractivity contribution in [2.75, 3.05) is 0 Å². The molecule has 0 bridgehead atoms. The molecule has 7 aromatic rings. The van der Waals surface area contributed by atoms with E-state index in [4.69, 9.17) is 11.6 Å². The molecular formula is C36H23ClN6. The van der Waals surface area contributed by atoms with Gasteiger partial charge in [0.1, 0.15) is 0 Å². The predicted octanol–water partition coefficient (Wildman–Crippen LogP) is 8.71. The van der Waals surface area contributed by atoms with Crippen molar-refractivity contribution in [3.05, 3.63) is 146 Å². The van der Waals surface area contributed by atoms with Gasteiger partial charge >= 0.3 is 0 Å². The minimum atomic E-state index is 0.173. The molecule has 0 radical (unpaired) electrons. The third-order valence-electron chi connectivity index (χ3n) is 7.21. The lowest BCUT2D eigenvalue weighted by Gasteiger charge is -2.13. The molecule has 0 unspecified atom stereocenters. The van der Waals surface area contributed by atoms with Gasteiger partial charge in [-0.2, -0.15) is 0 Å². The third kappa shape index (κ3) is 5.77. The molecule has 0 amide bonds. The molecule has 6 nitrogen and oxygen atoms in total. The van der Waals surface area contributed by atoms with Crippen molar-refractivity contribution in [3.63, 3.8) is 0 Å². The maximum atomic E-state index is 6.62. The maximum absolute atomic E-state index is 6.62. The third-order valence-corrected chi connectivity index (χ3v) is 7.38. The lowest BCUT2D eigenvalue weighted by Crippen LogP contribution is -1.94. The highest BCUT2D eigenvalue weighted by molar-refractivity contribution is 6.28. The summed E-state index contributed by atoms with van der Waals surface area (Å²) in [5, 5.41) is 0.173. The number of benzene rings is 2. The van der Waals surface area contributed by atoms with E-state index in [2.05, 4.69) is 66.3 Å². The summed E-state index contributed by atoms with van der Waals surface area (Å²) in [6.07, 6.45) is 14.4. The van der Waals surface area contributed by atoms with Crippen LogP contribution in [0.1, 0.15) is 0 Å². The number of hydrogen-bond donors (Lipinski definition) is 0. The molecule has 0 aliphatic rings. The van der Waals surface area contributed by atoms with Crippen LogP contribution >= 0.6 is 11.6 Å². The number of rotatable bonds is 6. The van der Waals surface area contributed by atoms with Gasteiger partial charge in [-0.3, -0.25) is 19.9 Å². The first-order valence-corrected chi connectivity index (χ1v) is 14.0. The van der Waals surface area contributed by atoms with Crippen LogP contribution in [-0.2, 0) is 0 Å². The van der Waals surface area contributed by atoms with E-state index in [-0.39, 0.29) is 5.28 Å². The Morgan fingerprint density at radius 3 is 0.837 bits per heavy atom.